The molecule has 0 saturated heterocycles. The van der Waals surface area contributed by atoms with Crippen LogP contribution in [0.3, 0.4) is 0 Å². The van der Waals surface area contributed by atoms with E-state index >= 15 is 0 Å². The summed E-state index contributed by atoms with van der Waals surface area (Å²) in [6.45, 7) is 6.44. The summed E-state index contributed by atoms with van der Waals surface area (Å²) in [4.78, 5) is 0. The van der Waals surface area contributed by atoms with E-state index in [0.29, 0.717) is 5.02 Å². The summed E-state index contributed by atoms with van der Waals surface area (Å²) in [6.07, 6.45) is 1.81. The first kappa shape index (κ1) is 14.2. The Morgan fingerprint density at radius 3 is 2.31 bits per heavy atom. The quantitative estimate of drug-likeness (QED) is 0.634. The molecule has 1 unspecified atom stereocenters. The Bertz CT molecular complexity index is 353. The zero-order valence-corrected chi connectivity index (χ0v) is 12.1. The molecule has 0 heterocycles. The number of hydrogen-bond acceptors (Lipinski definition) is 0. The van der Waals surface area contributed by atoms with Gasteiger partial charge in [0.05, 0.1) is 0 Å². The maximum Gasteiger partial charge on any atom is 0.0452 e. The standard InChI is InChI=1S/C13H17Cl3/c1-13(2,3)12(16)7-5-9-4-6-10(14)8-11(9)15/h4,6,8,12H,5,7H2,1-3H3. The maximum atomic E-state index is 6.32. The highest BCUT2D eigenvalue weighted by molar-refractivity contribution is 6.35. The number of hydrogen-bond donors (Lipinski definition) is 0. The molecule has 0 aliphatic carbocycles. The molecule has 0 aromatic heterocycles. The SMILES string of the molecule is CC(C)(C)C(Cl)CCc1ccc(Cl)cc1Cl. The average molecular weight is 280 g/mol. The topological polar surface area (TPSA) is 0 Å². The van der Waals surface area contributed by atoms with Crippen molar-refractivity contribution in [3.05, 3.63) is 33.8 Å². The third kappa shape index (κ3) is 4.16. The van der Waals surface area contributed by atoms with Gasteiger partial charge in [-0.2, -0.15) is 0 Å². The fourth-order valence-electron chi connectivity index (χ4n) is 1.44. The van der Waals surface area contributed by atoms with Crippen LogP contribution >= 0.6 is 34.8 Å². The minimum Gasteiger partial charge on any atom is -0.122 e. The lowest BCUT2D eigenvalue weighted by molar-refractivity contribution is 0.374. The van der Waals surface area contributed by atoms with Crippen LogP contribution in [0.25, 0.3) is 0 Å². The van der Waals surface area contributed by atoms with Crippen LogP contribution in [-0.2, 0) is 6.42 Å². The first-order valence-electron chi connectivity index (χ1n) is 5.38. The van der Waals surface area contributed by atoms with Crippen LogP contribution in [0.1, 0.15) is 32.8 Å². The number of halogens is 3. The minimum atomic E-state index is 0.125. The summed E-state index contributed by atoms with van der Waals surface area (Å²) < 4.78 is 0. The van der Waals surface area contributed by atoms with Crippen molar-refractivity contribution in [1.29, 1.82) is 0 Å². The van der Waals surface area contributed by atoms with E-state index in [1.807, 2.05) is 12.1 Å². The molecule has 0 N–H and O–H groups in total. The first-order valence-corrected chi connectivity index (χ1v) is 6.58. The van der Waals surface area contributed by atoms with Gasteiger partial charge in [-0.3, -0.25) is 0 Å². The summed E-state index contributed by atoms with van der Waals surface area (Å²) in [7, 11) is 0. The minimum absolute atomic E-state index is 0.125. The smallest absolute Gasteiger partial charge is 0.0452 e. The molecule has 0 radical (unpaired) electrons. The summed E-state index contributed by atoms with van der Waals surface area (Å²) in [5.41, 5.74) is 1.24. The number of aryl methyl sites for hydroxylation is 1. The Morgan fingerprint density at radius 1 is 1.19 bits per heavy atom. The van der Waals surface area contributed by atoms with Crippen LogP contribution in [0.4, 0.5) is 0 Å². The van der Waals surface area contributed by atoms with E-state index in [2.05, 4.69) is 20.8 Å². The van der Waals surface area contributed by atoms with Gasteiger partial charge in [-0.25, -0.2) is 0 Å². The van der Waals surface area contributed by atoms with Crippen molar-refractivity contribution < 1.29 is 0 Å². The molecule has 0 amide bonds. The van der Waals surface area contributed by atoms with Gasteiger partial charge in [0, 0.05) is 15.4 Å². The van der Waals surface area contributed by atoms with Crippen LogP contribution in [-0.4, -0.2) is 5.38 Å². The first-order chi connectivity index (χ1) is 7.30. The van der Waals surface area contributed by atoms with Crippen LogP contribution < -0.4 is 0 Å². The second kappa shape index (κ2) is 5.62. The normalized spacial score (nSPS) is 13.9. The molecule has 1 aromatic carbocycles. The fraction of sp³-hybridized carbons (Fsp3) is 0.538. The van der Waals surface area contributed by atoms with Crippen LogP contribution in [0.5, 0.6) is 0 Å². The molecule has 90 valence electrons. The molecule has 0 aliphatic rings. The second-order valence-electron chi connectivity index (χ2n) is 5.11. The lowest BCUT2D eigenvalue weighted by atomic mass is 9.88. The molecule has 1 rings (SSSR count). The number of benzene rings is 1. The fourth-order valence-corrected chi connectivity index (χ4v) is 2.05. The van der Waals surface area contributed by atoms with E-state index in [0.717, 1.165) is 23.4 Å². The van der Waals surface area contributed by atoms with Gasteiger partial charge in [0.1, 0.15) is 0 Å². The van der Waals surface area contributed by atoms with E-state index in [1.54, 1.807) is 6.07 Å². The molecule has 0 saturated carbocycles. The molecular weight excluding hydrogens is 263 g/mol. The van der Waals surface area contributed by atoms with Crippen molar-refractivity contribution in [2.75, 3.05) is 0 Å². The molecule has 0 bridgehead atoms. The maximum absolute atomic E-state index is 6.32. The van der Waals surface area contributed by atoms with Crippen LogP contribution in [0.2, 0.25) is 10.0 Å². The summed E-state index contributed by atoms with van der Waals surface area (Å²) >= 11 is 18.3. The highest BCUT2D eigenvalue weighted by Gasteiger charge is 2.21. The highest BCUT2D eigenvalue weighted by atomic mass is 35.5. The van der Waals surface area contributed by atoms with Crippen molar-refractivity contribution in [1.82, 2.24) is 0 Å². The van der Waals surface area contributed by atoms with Gasteiger partial charge in [-0.05, 0) is 36.0 Å². The molecular formula is C13H17Cl3. The Balaban J connectivity index is 2.62. The van der Waals surface area contributed by atoms with Gasteiger partial charge in [0.25, 0.3) is 0 Å². The molecule has 3 heteroatoms. The van der Waals surface area contributed by atoms with Crippen molar-refractivity contribution in [3.8, 4) is 0 Å². The van der Waals surface area contributed by atoms with E-state index in [4.69, 9.17) is 34.8 Å². The number of alkyl halides is 1. The van der Waals surface area contributed by atoms with Gasteiger partial charge < -0.3 is 0 Å². The summed E-state index contributed by atoms with van der Waals surface area (Å²) in [6, 6.07) is 5.61. The zero-order valence-electron chi connectivity index (χ0n) is 9.86. The van der Waals surface area contributed by atoms with Gasteiger partial charge >= 0.3 is 0 Å². The summed E-state index contributed by atoms with van der Waals surface area (Å²) in [5.74, 6) is 0. The summed E-state index contributed by atoms with van der Waals surface area (Å²) in [5, 5.41) is 1.55. The third-order valence-corrected chi connectivity index (χ3v) is 4.08. The number of rotatable bonds is 3. The van der Waals surface area contributed by atoms with E-state index in [1.165, 1.54) is 0 Å². The second-order valence-corrected chi connectivity index (χ2v) is 6.48. The van der Waals surface area contributed by atoms with E-state index < -0.39 is 0 Å². The van der Waals surface area contributed by atoms with Crippen molar-refractivity contribution >= 4 is 34.8 Å². The molecule has 16 heavy (non-hydrogen) atoms. The molecule has 0 spiro atoms. The van der Waals surface area contributed by atoms with Gasteiger partial charge in [0.15, 0.2) is 0 Å². The van der Waals surface area contributed by atoms with Crippen molar-refractivity contribution in [2.45, 2.75) is 39.0 Å². The molecule has 0 fully saturated rings. The largest absolute Gasteiger partial charge is 0.122 e. The average Bonchev–Trinajstić information content (AvgIpc) is 2.14. The monoisotopic (exact) mass is 278 g/mol. The zero-order chi connectivity index (χ0) is 12.3. The van der Waals surface area contributed by atoms with E-state index in [9.17, 15) is 0 Å². The Hall–Kier alpha value is 0.0900. The lowest BCUT2D eigenvalue weighted by Gasteiger charge is -2.25. The van der Waals surface area contributed by atoms with Gasteiger partial charge in [-0.15, -0.1) is 11.6 Å². The van der Waals surface area contributed by atoms with Gasteiger partial charge in [-0.1, -0.05) is 50.0 Å². The Labute approximate surface area is 113 Å². The van der Waals surface area contributed by atoms with Gasteiger partial charge in [0.2, 0.25) is 0 Å². The van der Waals surface area contributed by atoms with Crippen molar-refractivity contribution in [3.63, 3.8) is 0 Å². The molecule has 0 nitrogen and oxygen atoms in total. The van der Waals surface area contributed by atoms with Crippen LogP contribution in [0, 0.1) is 5.41 Å². The Morgan fingerprint density at radius 2 is 1.81 bits per heavy atom. The molecule has 0 aliphatic heterocycles. The molecule has 1 atom stereocenters. The molecule has 1 aromatic rings. The lowest BCUT2D eigenvalue weighted by Crippen LogP contribution is -2.21. The van der Waals surface area contributed by atoms with Crippen LogP contribution in [0.15, 0.2) is 18.2 Å². The highest BCUT2D eigenvalue weighted by Crippen LogP contribution is 2.30. The van der Waals surface area contributed by atoms with E-state index in [-0.39, 0.29) is 10.8 Å². The predicted molar refractivity (Wildman–Crippen MR) is 73.9 cm³/mol. The predicted octanol–water partition coefficient (Wildman–Crippen LogP) is 5.58. The third-order valence-electron chi connectivity index (χ3n) is 2.62. The Kier molecular flexibility index (Phi) is 4.97. The van der Waals surface area contributed by atoms with Crippen molar-refractivity contribution in [2.24, 2.45) is 5.41 Å².